The molecule has 7 heteroatoms. The molecule has 0 spiro atoms. The van der Waals surface area contributed by atoms with Gasteiger partial charge >= 0.3 is 17.9 Å². The molecule has 0 saturated heterocycles. The second-order valence-corrected chi connectivity index (χ2v) is 14.0. The molecule has 0 aromatic heterocycles. The van der Waals surface area contributed by atoms with Crippen molar-refractivity contribution in [2.45, 2.75) is 252 Å². The molecule has 0 aliphatic carbocycles. The van der Waals surface area contributed by atoms with Gasteiger partial charge in [0.05, 0.1) is 0 Å². The first-order valence-electron chi connectivity index (χ1n) is 21.0. The quantitative estimate of drug-likeness (QED) is 0.0552. The van der Waals surface area contributed by atoms with Crippen molar-refractivity contribution in [3.05, 3.63) is 0 Å². The Morgan fingerprint density at radius 2 is 0.388 bits per heavy atom. The van der Waals surface area contributed by atoms with Gasteiger partial charge in [-0.2, -0.15) is 0 Å². The van der Waals surface area contributed by atoms with Gasteiger partial charge in [0.15, 0.2) is 0 Å². The van der Waals surface area contributed by atoms with Crippen molar-refractivity contribution in [1.29, 1.82) is 0 Å². The van der Waals surface area contributed by atoms with Gasteiger partial charge in [-0.15, -0.1) is 0 Å². The van der Waals surface area contributed by atoms with E-state index in [1.807, 2.05) is 0 Å². The Balaban J connectivity index is -0.000000307. The second kappa shape index (κ2) is 51.3. The zero-order valence-corrected chi connectivity index (χ0v) is 34.2. The van der Waals surface area contributed by atoms with Crippen molar-refractivity contribution in [2.75, 3.05) is 0 Å². The minimum absolute atomic E-state index is 0. The maximum Gasteiger partial charge on any atom is 0.303 e. The zero-order valence-electron chi connectivity index (χ0n) is 32.9. The first-order valence-corrected chi connectivity index (χ1v) is 21.0. The molecule has 0 atom stereocenters. The number of hydrogen-bond acceptors (Lipinski definition) is 3. The summed E-state index contributed by atoms with van der Waals surface area (Å²) in [6.07, 6.45) is 43.1. The average Bonchev–Trinajstić information content (AvgIpc) is 3.05. The van der Waals surface area contributed by atoms with E-state index >= 15 is 0 Å². The summed E-state index contributed by atoms with van der Waals surface area (Å²) in [6, 6.07) is 0. The van der Waals surface area contributed by atoms with Crippen LogP contribution in [0.15, 0.2) is 0 Å². The summed E-state index contributed by atoms with van der Waals surface area (Å²) in [4.78, 5) is 30.8. The van der Waals surface area contributed by atoms with E-state index in [4.69, 9.17) is 15.3 Å². The molecule has 0 fully saturated rings. The van der Waals surface area contributed by atoms with Crippen LogP contribution >= 0.6 is 0 Å². The monoisotopic (exact) mass is 737 g/mol. The molecule has 0 rings (SSSR count). The Hall–Kier alpha value is -1.06. The number of carbonyl (C=O) groups is 3. The van der Waals surface area contributed by atoms with Crippen molar-refractivity contribution in [1.82, 2.24) is 0 Å². The summed E-state index contributed by atoms with van der Waals surface area (Å²) in [6.45, 7) is 6.74. The van der Waals surface area contributed by atoms with Crippen LogP contribution in [-0.4, -0.2) is 33.2 Å². The average molecular weight is 737 g/mol. The normalized spacial score (nSPS) is 10.3. The predicted molar refractivity (Wildman–Crippen MR) is 206 cm³/mol. The third-order valence-corrected chi connectivity index (χ3v) is 8.98. The van der Waals surface area contributed by atoms with Crippen molar-refractivity contribution in [2.24, 2.45) is 0 Å². The zero-order chi connectivity index (χ0) is 36.2. The van der Waals surface area contributed by atoms with Crippen LogP contribution in [0.4, 0.5) is 0 Å². The maximum atomic E-state index is 10.3. The number of aliphatic carboxylic acids is 3. The van der Waals surface area contributed by atoms with E-state index in [-0.39, 0.29) is 17.4 Å². The van der Waals surface area contributed by atoms with Gasteiger partial charge in [0.2, 0.25) is 0 Å². The Labute approximate surface area is 315 Å². The summed E-state index contributed by atoms with van der Waals surface area (Å²) in [5, 5.41) is 25.4. The first kappa shape index (κ1) is 54.7. The molecule has 0 aliphatic rings. The molecule has 0 amide bonds. The van der Waals surface area contributed by atoms with Gasteiger partial charge in [-0.05, 0) is 19.3 Å². The summed E-state index contributed by atoms with van der Waals surface area (Å²) in [5.41, 5.74) is 0. The third-order valence-electron chi connectivity index (χ3n) is 8.98. The SMILES string of the molecule is CCCCCCCCCCCCCC(=O)O.CCCCCCCCCCCCCC(=O)O.CCCCCCCCCCCCCC(=O)O.[Cr]. The molecule has 0 aliphatic heterocycles. The number of rotatable bonds is 36. The molecule has 49 heavy (non-hydrogen) atoms. The maximum absolute atomic E-state index is 10.3. The Morgan fingerprint density at radius 3 is 0.510 bits per heavy atom. The summed E-state index contributed by atoms with van der Waals surface area (Å²) >= 11 is 0. The van der Waals surface area contributed by atoms with E-state index in [0.717, 1.165) is 38.5 Å². The number of carboxylic acids is 3. The van der Waals surface area contributed by atoms with Crippen LogP contribution in [-0.2, 0) is 31.7 Å². The summed E-state index contributed by atoms with van der Waals surface area (Å²) < 4.78 is 0. The minimum atomic E-state index is -0.657. The molecular weight excluding hydrogens is 652 g/mol. The van der Waals surface area contributed by atoms with E-state index in [0.29, 0.717) is 19.3 Å². The number of carboxylic acid groups (broad SMARTS) is 3. The Morgan fingerprint density at radius 1 is 0.265 bits per heavy atom. The van der Waals surface area contributed by atoms with Crippen LogP contribution in [0.1, 0.15) is 252 Å². The van der Waals surface area contributed by atoms with Crippen molar-refractivity contribution < 1.29 is 47.1 Å². The topological polar surface area (TPSA) is 112 Å². The molecule has 3 N–H and O–H groups in total. The van der Waals surface area contributed by atoms with Crippen LogP contribution in [0.2, 0.25) is 0 Å². The molecule has 0 aromatic rings. The third kappa shape index (κ3) is 65.9. The van der Waals surface area contributed by atoms with Gasteiger partial charge in [0.1, 0.15) is 0 Å². The second-order valence-electron chi connectivity index (χ2n) is 14.0. The van der Waals surface area contributed by atoms with Gasteiger partial charge in [-0.3, -0.25) is 14.4 Å². The Bertz CT molecular complexity index is 557. The molecule has 0 bridgehead atoms. The fourth-order valence-electron chi connectivity index (χ4n) is 5.82. The van der Waals surface area contributed by atoms with Gasteiger partial charge in [-0.25, -0.2) is 0 Å². The van der Waals surface area contributed by atoms with Crippen LogP contribution in [0.5, 0.6) is 0 Å². The fraction of sp³-hybridized carbons (Fsp3) is 0.929. The van der Waals surface area contributed by atoms with E-state index < -0.39 is 17.9 Å². The minimum Gasteiger partial charge on any atom is -0.481 e. The van der Waals surface area contributed by atoms with E-state index in [2.05, 4.69) is 20.8 Å². The van der Waals surface area contributed by atoms with Crippen LogP contribution in [0.25, 0.3) is 0 Å². The predicted octanol–water partition coefficient (Wildman–Crippen LogP) is 14.3. The molecule has 6 nitrogen and oxygen atoms in total. The molecule has 0 radical (unpaired) electrons. The van der Waals surface area contributed by atoms with Crippen molar-refractivity contribution in [3.8, 4) is 0 Å². The van der Waals surface area contributed by atoms with E-state index in [9.17, 15) is 14.4 Å². The smallest absolute Gasteiger partial charge is 0.303 e. The van der Waals surface area contributed by atoms with Gasteiger partial charge in [-0.1, -0.05) is 213 Å². The number of unbranched alkanes of at least 4 members (excludes halogenated alkanes) is 30. The molecule has 0 unspecified atom stereocenters. The van der Waals surface area contributed by atoms with Crippen molar-refractivity contribution in [3.63, 3.8) is 0 Å². The van der Waals surface area contributed by atoms with Crippen LogP contribution in [0.3, 0.4) is 0 Å². The molecule has 0 saturated carbocycles. The summed E-state index contributed by atoms with van der Waals surface area (Å²) in [7, 11) is 0. The van der Waals surface area contributed by atoms with Gasteiger partial charge < -0.3 is 15.3 Å². The molecular formula is C42H84CrO6. The van der Waals surface area contributed by atoms with Gasteiger partial charge in [0, 0.05) is 36.6 Å². The first-order chi connectivity index (χ1) is 23.3. The van der Waals surface area contributed by atoms with Crippen molar-refractivity contribution >= 4 is 17.9 Å². The Kier molecular flexibility index (Phi) is 57.3. The van der Waals surface area contributed by atoms with E-state index in [1.54, 1.807) is 0 Å². The summed E-state index contributed by atoms with van der Waals surface area (Å²) in [5.74, 6) is -1.97. The standard InChI is InChI=1S/3C14H28O2.Cr/c3*1-2-3-4-5-6-7-8-9-10-11-12-13-14(15)16;/h3*2-13H2,1H3,(H,15,16);. The molecule has 0 heterocycles. The van der Waals surface area contributed by atoms with Gasteiger partial charge in [0.25, 0.3) is 0 Å². The van der Waals surface area contributed by atoms with E-state index in [1.165, 1.54) is 173 Å². The van der Waals surface area contributed by atoms with Crippen LogP contribution < -0.4 is 0 Å². The number of hydrogen-bond donors (Lipinski definition) is 3. The van der Waals surface area contributed by atoms with Crippen LogP contribution in [0, 0.1) is 0 Å². The molecule has 0 aromatic carbocycles. The fourth-order valence-corrected chi connectivity index (χ4v) is 5.82. The largest absolute Gasteiger partial charge is 0.481 e. The molecule has 294 valence electrons.